The van der Waals surface area contributed by atoms with Gasteiger partial charge in [-0.3, -0.25) is 4.90 Å². The van der Waals surface area contributed by atoms with Crippen molar-refractivity contribution >= 4 is 0 Å². The van der Waals surface area contributed by atoms with Crippen LogP contribution in [0.5, 0.6) is 0 Å². The third-order valence-corrected chi connectivity index (χ3v) is 6.31. The smallest absolute Gasteiger partial charge is 0.0982 e. The molecule has 1 fully saturated rings. The molecule has 4 nitrogen and oxygen atoms in total. The zero-order valence-electron chi connectivity index (χ0n) is 19.2. The lowest BCUT2D eigenvalue weighted by Crippen LogP contribution is -2.47. The average Bonchev–Trinajstić information content (AvgIpc) is 3.12. The summed E-state index contributed by atoms with van der Waals surface area (Å²) < 4.78 is 12.5. The van der Waals surface area contributed by atoms with E-state index in [1.807, 2.05) is 36.4 Å². The van der Waals surface area contributed by atoms with Crippen LogP contribution in [0.15, 0.2) is 60.7 Å². The Bertz CT molecular complexity index is 724. The Morgan fingerprint density at radius 1 is 0.806 bits per heavy atom. The summed E-state index contributed by atoms with van der Waals surface area (Å²) in [6.45, 7) is 4.29. The van der Waals surface area contributed by atoms with E-state index in [2.05, 4.69) is 43.1 Å². The molecule has 0 amide bonds. The lowest BCUT2D eigenvalue weighted by atomic mass is 10.1. The Morgan fingerprint density at radius 2 is 1.35 bits per heavy atom. The van der Waals surface area contributed by atoms with Gasteiger partial charge in [0.2, 0.25) is 0 Å². The lowest BCUT2D eigenvalue weighted by Gasteiger charge is -2.32. The van der Waals surface area contributed by atoms with Gasteiger partial charge in [0.15, 0.2) is 0 Å². The number of aliphatic hydroxyl groups is 1. The zero-order chi connectivity index (χ0) is 21.9. The van der Waals surface area contributed by atoms with Gasteiger partial charge < -0.3 is 14.6 Å². The number of hydrogen-bond acceptors (Lipinski definition) is 4. The zero-order valence-corrected chi connectivity index (χ0v) is 19.2. The maximum Gasteiger partial charge on any atom is 0.0982 e. The van der Waals surface area contributed by atoms with E-state index >= 15 is 0 Å². The molecule has 31 heavy (non-hydrogen) atoms. The fourth-order valence-electron chi connectivity index (χ4n) is 4.49. The summed E-state index contributed by atoms with van der Waals surface area (Å²) in [6.07, 6.45) is 6.14. The van der Waals surface area contributed by atoms with Crippen LogP contribution in [0, 0.1) is 0 Å². The van der Waals surface area contributed by atoms with Crippen molar-refractivity contribution in [2.24, 2.45) is 0 Å². The van der Waals surface area contributed by atoms with Crippen molar-refractivity contribution in [3.05, 3.63) is 71.8 Å². The van der Waals surface area contributed by atoms with Crippen LogP contribution < -0.4 is 0 Å². The molecule has 1 aliphatic carbocycles. The first-order chi connectivity index (χ1) is 15.2. The van der Waals surface area contributed by atoms with Gasteiger partial charge >= 0.3 is 0 Å². The van der Waals surface area contributed by atoms with Gasteiger partial charge in [0.05, 0.1) is 37.6 Å². The maximum atomic E-state index is 11.2. The Balaban J connectivity index is 1.59. The highest BCUT2D eigenvalue weighted by molar-refractivity contribution is 5.14. The van der Waals surface area contributed by atoms with Crippen LogP contribution >= 0.6 is 0 Å². The molecule has 0 spiro atoms. The van der Waals surface area contributed by atoms with Gasteiger partial charge in [0.25, 0.3) is 0 Å². The van der Waals surface area contributed by atoms with Crippen molar-refractivity contribution in [3.8, 4) is 0 Å². The number of nitrogens with zero attached hydrogens (tertiary/aromatic N) is 1. The summed E-state index contributed by atoms with van der Waals surface area (Å²) in [5.41, 5.74) is 2.29. The Kier molecular flexibility index (Phi) is 10.0. The van der Waals surface area contributed by atoms with Gasteiger partial charge in [-0.1, -0.05) is 93.3 Å². The quantitative estimate of drug-likeness (QED) is 0.448. The van der Waals surface area contributed by atoms with Gasteiger partial charge in [-0.05, 0) is 31.1 Å². The van der Waals surface area contributed by atoms with E-state index in [9.17, 15) is 5.11 Å². The van der Waals surface area contributed by atoms with E-state index < -0.39 is 6.10 Å². The third-order valence-electron chi connectivity index (χ3n) is 6.31. The molecule has 0 bridgehead atoms. The third kappa shape index (κ3) is 7.43. The molecule has 1 aliphatic rings. The lowest BCUT2D eigenvalue weighted by molar-refractivity contribution is -0.0532. The molecule has 1 saturated carbocycles. The second kappa shape index (κ2) is 13.0. The summed E-state index contributed by atoms with van der Waals surface area (Å²) in [5, 5.41) is 11.2. The molecular weight excluding hydrogens is 386 g/mol. The molecule has 1 N–H and O–H groups in total. The molecule has 2 aromatic rings. The predicted molar refractivity (Wildman–Crippen MR) is 126 cm³/mol. The monoisotopic (exact) mass is 425 g/mol. The highest BCUT2D eigenvalue weighted by Crippen LogP contribution is 2.31. The van der Waals surface area contributed by atoms with Gasteiger partial charge in [-0.2, -0.15) is 0 Å². The first-order valence-corrected chi connectivity index (χ1v) is 11.9. The maximum absolute atomic E-state index is 11.2. The second-order valence-corrected chi connectivity index (χ2v) is 8.78. The topological polar surface area (TPSA) is 41.9 Å². The van der Waals surface area contributed by atoms with E-state index in [0.29, 0.717) is 19.6 Å². The number of unbranched alkanes of at least 4 members (excludes halogenated alkanes) is 4. The Morgan fingerprint density at radius 3 is 1.94 bits per heavy atom. The van der Waals surface area contributed by atoms with Crippen molar-refractivity contribution < 1.29 is 14.6 Å². The molecule has 170 valence electrons. The minimum Gasteiger partial charge on any atom is -0.389 e. The number of aliphatic hydroxyl groups excluding tert-OH is 1. The molecule has 0 heterocycles. The molecule has 3 rings (SSSR count). The number of rotatable bonds is 13. The summed E-state index contributed by atoms with van der Waals surface area (Å²) in [7, 11) is 2.12. The van der Waals surface area contributed by atoms with E-state index in [-0.39, 0.29) is 18.2 Å². The molecule has 4 heteroatoms. The normalized spacial score (nSPS) is 23.5. The van der Waals surface area contributed by atoms with Crippen molar-refractivity contribution in [1.29, 1.82) is 0 Å². The van der Waals surface area contributed by atoms with Gasteiger partial charge in [-0.15, -0.1) is 0 Å². The number of benzene rings is 2. The van der Waals surface area contributed by atoms with Crippen LogP contribution in [-0.2, 0) is 22.7 Å². The van der Waals surface area contributed by atoms with Crippen LogP contribution in [0.1, 0.15) is 56.6 Å². The number of likely N-dealkylation sites (N-methyl/N-ethyl adjacent to an activating group) is 1. The molecular formula is C27H39NO3. The van der Waals surface area contributed by atoms with E-state index in [0.717, 1.165) is 24.1 Å². The van der Waals surface area contributed by atoms with Gasteiger partial charge in [0.1, 0.15) is 0 Å². The molecule has 4 unspecified atom stereocenters. The predicted octanol–water partition coefficient (Wildman–Crippen LogP) is 5.19. The van der Waals surface area contributed by atoms with Crippen molar-refractivity contribution in [2.45, 2.75) is 83.0 Å². The van der Waals surface area contributed by atoms with E-state index in [1.165, 1.54) is 25.7 Å². The summed E-state index contributed by atoms with van der Waals surface area (Å²) in [5.74, 6) is 0. The van der Waals surface area contributed by atoms with Gasteiger partial charge in [-0.25, -0.2) is 0 Å². The summed E-state index contributed by atoms with van der Waals surface area (Å²) in [6, 6.07) is 20.4. The van der Waals surface area contributed by atoms with Crippen molar-refractivity contribution in [3.63, 3.8) is 0 Å². The van der Waals surface area contributed by atoms with E-state index in [4.69, 9.17) is 9.47 Å². The molecule has 0 radical (unpaired) electrons. The minimum atomic E-state index is -0.551. The van der Waals surface area contributed by atoms with Crippen LogP contribution in [0.3, 0.4) is 0 Å². The van der Waals surface area contributed by atoms with Crippen LogP contribution in [0.25, 0.3) is 0 Å². The first kappa shape index (κ1) is 23.9. The number of hydrogen-bond donors (Lipinski definition) is 1. The average molecular weight is 426 g/mol. The van der Waals surface area contributed by atoms with Gasteiger partial charge in [0, 0.05) is 6.42 Å². The molecule has 2 aromatic carbocycles. The minimum absolute atomic E-state index is 0.0448. The molecule has 0 aromatic heterocycles. The largest absolute Gasteiger partial charge is 0.389 e. The number of ether oxygens (including phenoxy) is 2. The molecule has 0 aliphatic heterocycles. The van der Waals surface area contributed by atoms with Crippen molar-refractivity contribution in [2.75, 3.05) is 13.6 Å². The molecule has 4 atom stereocenters. The van der Waals surface area contributed by atoms with Crippen molar-refractivity contribution in [1.82, 2.24) is 4.90 Å². The van der Waals surface area contributed by atoms with Crippen LogP contribution in [0.2, 0.25) is 0 Å². The Labute approximate surface area is 188 Å². The highest BCUT2D eigenvalue weighted by Gasteiger charge is 2.45. The second-order valence-electron chi connectivity index (χ2n) is 8.78. The van der Waals surface area contributed by atoms with Crippen LogP contribution in [0.4, 0.5) is 0 Å². The summed E-state index contributed by atoms with van der Waals surface area (Å²) in [4.78, 5) is 2.29. The highest BCUT2D eigenvalue weighted by atomic mass is 16.5. The fraction of sp³-hybridized carbons (Fsp3) is 0.556. The van der Waals surface area contributed by atoms with Crippen LogP contribution in [-0.4, -0.2) is 48.0 Å². The fourth-order valence-corrected chi connectivity index (χ4v) is 4.49. The SMILES string of the molecule is CCCCCCCN(C)C1C(OCc2ccccc2)CC(OCc2ccccc2)C1O. The first-order valence-electron chi connectivity index (χ1n) is 11.9. The molecule has 0 saturated heterocycles. The Hall–Kier alpha value is -1.72. The standard InChI is InChI=1S/C27H39NO3/c1-3-4-5-6-13-18-28(2)26-24(30-20-22-14-9-7-10-15-22)19-25(27(26)29)31-21-23-16-11-8-12-17-23/h7-12,14-17,24-27,29H,3-6,13,18-21H2,1-2H3. The van der Waals surface area contributed by atoms with E-state index in [1.54, 1.807) is 0 Å². The summed E-state index contributed by atoms with van der Waals surface area (Å²) >= 11 is 0.